The summed E-state index contributed by atoms with van der Waals surface area (Å²) in [5.74, 6) is -0.829. The number of fused-ring (bicyclic) bond motifs is 2. The molecule has 1 aromatic rings. The van der Waals surface area contributed by atoms with Gasteiger partial charge in [0.2, 0.25) is 0 Å². The van der Waals surface area contributed by atoms with Gasteiger partial charge in [-0.1, -0.05) is 29.3 Å². The standard InChI is InChI=1S/C21H27Cl2NO4/c1-4-27-20(25)12(3)24-14-7-9-18(24)19(21(26)28-5-2)15(11-14)13-6-8-16(22)17(23)10-13/h6,8,10,12,14-15,18-19H,4-5,7,9,11H2,1-3H3/t12?,14-,15+,18+,19+/m0/s1. The summed E-state index contributed by atoms with van der Waals surface area (Å²) in [6.07, 6.45) is 2.57. The van der Waals surface area contributed by atoms with Crippen LogP contribution >= 0.6 is 23.2 Å². The Morgan fingerprint density at radius 1 is 1.14 bits per heavy atom. The highest BCUT2D eigenvalue weighted by Gasteiger charge is 2.53. The van der Waals surface area contributed by atoms with Gasteiger partial charge in [-0.05, 0) is 57.7 Å². The van der Waals surface area contributed by atoms with E-state index in [2.05, 4.69) is 4.90 Å². The largest absolute Gasteiger partial charge is 0.466 e. The lowest BCUT2D eigenvalue weighted by Gasteiger charge is -2.45. The van der Waals surface area contributed by atoms with Gasteiger partial charge in [-0.15, -0.1) is 0 Å². The fourth-order valence-electron chi connectivity index (χ4n) is 4.88. The van der Waals surface area contributed by atoms with Gasteiger partial charge in [-0.3, -0.25) is 14.5 Å². The molecule has 5 atom stereocenters. The van der Waals surface area contributed by atoms with Crippen molar-refractivity contribution < 1.29 is 19.1 Å². The zero-order chi connectivity index (χ0) is 20.4. The topological polar surface area (TPSA) is 55.8 Å². The van der Waals surface area contributed by atoms with Gasteiger partial charge in [0.1, 0.15) is 6.04 Å². The SMILES string of the molecule is CCOC(=O)C(C)N1[C@H]2CC[C@@H]1[C@H](C(=O)OCC)[C@@H](c1ccc(Cl)c(Cl)c1)C2. The van der Waals surface area contributed by atoms with Crippen LogP contribution in [-0.4, -0.2) is 48.2 Å². The number of esters is 2. The van der Waals surface area contributed by atoms with Crippen LogP contribution in [0.15, 0.2) is 18.2 Å². The quantitative estimate of drug-likeness (QED) is 0.627. The maximum Gasteiger partial charge on any atom is 0.323 e. The van der Waals surface area contributed by atoms with Gasteiger partial charge in [0.15, 0.2) is 0 Å². The molecule has 2 aliphatic rings. The first-order valence-electron chi connectivity index (χ1n) is 9.94. The fraction of sp³-hybridized carbons (Fsp3) is 0.619. The Morgan fingerprint density at radius 2 is 1.86 bits per heavy atom. The average Bonchev–Trinajstić information content (AvgIpc) is 2.96. The van der Waals surface area contributed by atoms with E-state index in [9.17, 15) is 9.59 Å². The molecular weight excluding hydrogens is 401 g/mol. The van der Waals surface area contributed by atoms with E-state index in [4.69, 9.17) is 32.7 Å². The monoisotopic (exact) mass is 427 g/mol. The van der Waals surface area contributed by atoms with E-state index in [0.29, 0.717) is 23.3 Å². The van der Waals surface area contributed by atoms with E-state index in [0.717, 1.165) is 24.8 Å². The minimum Gasteiger partial charge on any atom is -0.466 e. The zero-order valence-electron chi connectivity index (χ0n) is 16.5. The van der Waals surface area contributed by atoms with Crippen molar-refractivity contribution in [2.45, 2.75) is 64.1 Å². The number of rotatable bonds is 6. The van der Waals surface area contributed by atoms with Gasteiger partial charge in [-0.2, -0.15) is 0 Å². The lowest BCUT2D eigenvalue weighted by Crippen LogP contribution is -2.56. The van der Waals surface area contributed by atoms with Crippen LogP contribution in [0, 0.1) is 5.92 Å². The van der Waals surface area contributed by atoms with E-state index < -0.39 is 0 Å². The van der Waals surface area contributed by atoms with Crippen LogP contribution < -0.4 is 0 Å². The van der Waals surface area contributed by atoms with Gasteiger partial charge in [-0.25, -0.2) is 0 Å². The minimum atomic E-state index is -0.385. The number of nitrogens with zero attached hydrogens (tertiary/aromatic N) is 1. The van der Waals surface area contributed by atoms with Crippen molar-refractivity contribution in [1.29, 1.82) is 0 Å². The maximum absolute atomic E-state index is 13.0. The Morgan fingerprint density at radius 3 is 2.50 bits per heavy atom. The summed E-state index contributed by atoms with van der Waals surface area (Å²) in [5.41, 5.74) is 0.993. The molecule has 3 rings (SSSR count). The predicted octanol–water partition coefficient (Wildman–Crippen LogP) is 4.44. The molecule has 2 fully saturated rings. The molecule has 2 aliphatic heterocycles. The Hall–Kier alpha value is -1.30. The highest BCUT2D eigenvalue weighted by atomic mass is 35.5. The summed E-state index contributed by atoms with van der Waals surface area (Å²) < 4.78 is 10.7. The van der Waals surface area contributed by atoms with E-state index in [1.165, 1.54) is 0 Å². The van der Waals surface area contributed by atoms with Crippen LogP contribution in [0.4, 0.5) is 0 Å². The third kappa shape index (κ3) is 4.03. The first kappa shape index (κ1) is 21.4. The van der Waals surface area contributed by atoms with Crippen molar-refractivity contribution in [3.05, 3.63) is 33.8 Å². The summed E-state index contributed by atoms with van der Waals surface area (Å²) in [4.78, 5) is 27.5. The summed E-state index contributed by atoms with van der Waals surface area (Å²) in [6.45, 7) is 6.15. The molecule has 28 heavy (non-hydrogen) atoms. The molecule has 0 radical (unpaired) electrons. The van der Waals surface area contributed by atoms with Gasteiger partial charge in [0.05, 0.1) is 29.2 Å². The number of benzene rings is 1. The molecule has 0 aromatic heterocycles. The van der Waals surface area contributed by atoms with Gasteiger partial charge < -0.3 is 9.47 Å². The summed E-state index contributed by atoms with van der Waals surface area (Å²) in [7, 11) is 0. The summed E-state index contributed by atoms with van der Waals surface area (Å²) in [6, 6.07) is 5.34. The first-order valence-corrected chi connectivity index (χ1v) is 10.7. The maximum atomic E-state index is 13.0. The van der Waals surface area contributed by atoms with Crippen molar-refractivity contribution in [3.63, 3.8) is 0 Å². The molecule has 2 saturated heterocycles. The normalized spacial score (nSPS) is 28.0. The molecule has 0 spiro atoms. The van der Waals surface area contributed by atoms with Crippen LogP contribution in [0.1, 0.15) is 51.5 Å². The van der Waals surface area contributed by atoms with Gasteiger partial charge in [0, 0.05) is 18.0 Å². The molecule has 2 bridgehead atoms. The average molecular weight is 428 g/mol. The van der Waals surface area contributed by atoms with Crippen molar-refractivity contribution in [1.82, 2.24) is 4.90 Å². The van der Waals surface area contributed by atoms with Crippen LogP contribution in [0.5, 0.6) is 0 Å². The zero-order valence-corrected chi connectivity index (χ0v) is 18.0. The van der Waals surface area contributed by atoms with Crippen molar-refractivity contribution >= 4 is 35.1 Å². The summed E-state index contributed by atoms with van der Waals surface area (Å²) in [5, 5.41) is 0.978. The molecule has 154 valence electrons. The van der Waals surface area contributed by atoms with E-state index in [1.54, 1.807) is 13.0 Å². The van der Waals surface area contributed by atoms with E-state index in [1.807, 2.05) is 26.0 Å². The number of ether oxygens (including phenoxy) is 2. The van der Waals surface area contributed by atoms with Crippen molar-refractivity contribution in [2.24, 2.45) is 5.92 Å². The molecule has 2 heterocycles. The van der Waals surface area contributed by atoms with Gasteiger partial charge in [0.25, 0.3) is 0 Å². The molecular formula is C21H27Cl2NO4. The van der Waals surface area contributed by atoms with E-state index >= 15 is 0 Å². The minimum absolute atomic E-state index is 0.0167. The Bertz CT molecular complexity index is 741. The van der Waals surface area contributed by atoms with Crippen molar-refractivity contribution in [3.8, 4) is 0 Å². The fourth-order valence-corrected chi connectivity index (χ4v) is 5.19. The number of hydrogen-bond donors (Lipinski definition) is 0. The smallest absolute Gasteiger partial charge is 0.323 e. The highest BCUT2D eigenvalue weighted by Crippen LogP contribution is 2.49. The molecule has 1 unspecified atom stereocenters. The predicted molar refractivity (Wildman–Crippen MR) is 109 cm³/mol. The Balaban J connectivity index is 1.94. The lowest BCUT2D eigenvalue weighted by atomic mass is 9.75. The second kappa shape index (κ2) is 9.02. The number of carbonyl (C=O) groups is 2. The highest BCUT2D eigenvalue weighted by molar-refractivity contribution is 6.42. The second-order valence-electron chi connectivity index (χ2n) is 7.47. The molecule has 0 saturated carbocycles. The number of piperidine rings is 1. The first-order chi connectivity index (χ1) is 13.4. The lowest BCUT2D eigenvalue weighted by molar-refractivity contribution is -0.160. The van der Waals surface area contributed by atoms with Crippen molar-refractivity contribution in [2.75, 3.05) is 13.2 Å². The van der Waals surface area contributed by atoms with Crippen LogP contribution in [0.25, 0.3) is 0 Å². The number of hydrogen-bond acceptors (Lipinski definition) is 5. The van der Waals surface area contributed by atoms with Crippen LogP contribution in [-0.2, 0) is 19.1 Å². The third-order valence-electron chi connectivity index (χ3n) is 5.98. The van der Waals surface area contributed by atoms with Crippen LogP contribution in [0.3, 0.4) is 0 Å². The third-order valence-corrected chi connectivity index (χ3v) is 6.72. The summed E-state index contributed by atoms with van der Waals surface area (Å²) >= 11 is 12.3. The molecule has 7 heteroatoms. The molecule has 0 aliphatic carbocycles. The molecule has 0 amide bonds. The van der Waals surface area contributed by atoms with Crippen LogP contribution in [0.2, 0.25) is 10.0 Å². The van der Waals surface area contributed by atoms with Gasteiger partial charge >= 0.3 is 11.9 Å². The Labute approximate surface area is 176 Å². The molecule has 5 nitrogen and oxygen atoms in total. The Kier molecular flexibility index (Phi) is 6.89. The number of halogens is 2. The molecule has 1 aromatic carbocycles. The second-order valence-corrected chi connectivity index (χ2v) is 8.28. The number of carbonyl (C=O) groups excluding carboxylic acids is 2. The van der Waals surface area contributed by atoms with E-state index in [-0.39, 0.29) is 41.9 Å². The molecule has 0 N–H and O–H groups in total.